The number of hydrogen-bond donors (Lipinski definition) is 1. The molecular weight excluding hydrogens is 474 g/mol. The van der Waals surface area contributed by atoms with E-state index in [2.05, 4.69) is 83.3 Å². The quantitative estimate of drug-likeness (QED) is 0.198. The highest BCUT2D eigenvalue weighted by atomic mass is 31.1. The molecule has 1 atom stereocenters. The van der Waals surface area contributed by atoms with E-state index in [4.69, 9.17) is 17.6 Å². The smallest absolute Gasteiger partial charge is 0.159 e. The predicted octanol–water partition coefficient (Wildman–Crippen LogP) is 6.59. The second-order valence-corrected chi connectivity index (χ2v) is 10.8. The lowest BCUT2D eigenvalue weighted by atomic mass is 9.99. The Balaban J connectivity index is 1.53. The molecule has 6 aromatic rings. The summed E-state index contributed by atoms with van der Waals surface area (Å²) in [6, 6.07) is 21.1. The number of H-pyrrole nitrogens is 1. The van der Waals surface area contributed by atoms with Crippen LogP contribution in [-0.2, 0) is 6.54 Å². The highest BCUT2D eigenvalue weighted by molar-refractivity contribution is 7.80. The van der Waals surface area contributed by atoms with E-state index >= 15 is 0 Å². The Kier molecular flexibility index (Phi) is 6.27. The molecule has 0 amide bonds. The molecule has 37 heavy (non-hydrogen) atoms. The van der Waals surface area contributed by atoms with E-state index in [9.17, 15) is 0 Å². The van der Waals surface area contributed by atoms with E-state index < -0.39 is 7.95 Å². The molecule has 1 unspecified atom stereocenters. The van der Waals surface area contributed by atoms with E-state index in [1.807, 2.05) is 29.6 Å². The molecule has 0 aliphatic rings. The monoisotopic (exact) mass is 502 g/mol. The van der Waals surface area contributed by atoms with Gasteiger partial charge in [0.15, 0.2) is 5.82 Å². The van der Waals surface area contributed by atoms with Gasteiger partial charge in [-0.3, -0.25) is 14.3 Å². The number of benzene rings is 3. The van der Waals surface area contributed by atoms with Gasteiger partial charge in [-0.05, 0) is 62.4 Å². The van der Waals surface area contributed by atoms with Crippen LogP contribution in [0, 0.1) is 0 Å². The van der Waals surface area contributed by atoms with Crippen LogP contribution in [-0.4, -0.2) is 56.7 Å². The summed E-state index contributed by atoms with van der Waals surface area (Å²) < 4.78 is 1.94. The van der Waals surface area contributed by atoms with Crippen molar-refractivity contribution in [1.29, 1.82) is 0 Å². The molecule has 8 heteroatoms. The van der Waals surface area contributed by atoms with Crippen molar-refractivity contribution in [3.8, 4) is 22.6 Å². The van der Waals surface area contributed by atoms with Crippen molar-refractivity contribution < 1.29 is 0 Å². The van der Waals surface area contributed by atoms with Crippen LogP contribution >= 0.6 is 7.95 Å². The highest BCUT2D eigenvalue weighted by Crippen LogP contribution is 2.39. The highest BCUT2D eigenvalue weighted by Gasteiger charge is 2.19. The third-order valence-corrected chi connectivity index (χ3v) is 7.95. The SMILES string of the molecule is [B]P(C)n1nc(-c2nc3c(CN(CC)CC)cccc3[nH]2)c2cc(-c3cncc4ccccc34)ccc21. The predicted molar refractivity (Wildman–Crippen MR) is 156 cm³/mol. The summed E-state index contributed by atoms with van der Waals surface area (Å²) >= 11 is 0. The van der Waals surface area contributed by atoms with Gasteiger partial charge in [-0.25, -0.2) is 4.98 Å². The fourth-order valence-corrected chi connectivity index (χ4v) is 5.80. The fraction of sp³-hybridized carbons (Fsp3) is 0.207. The molecule has 6 rings (SSSR count). The van der Waals surface area contributed by atoms with Gasteiger partial charge in [-0.2, -0.15) is 5.10 Å². The third kappa shape index (κ3) is 4.22. The van der Waals surface area contributed by atoms with Crippen molar-refractivity contribution in [3.05, 3.63) is 78.6 Å². The zero-order valence-electron chi connectivity index (χ0n) is 21.3. The summed E-state index contributed by atoms with van der Waals surface area (Å²) in [5, 5.41) is 8.29. The summed E-state index contributed by atoms with van der Waals surface area (Å²) in [4.78, 5) is 15.5. The van der Waals surface area contributed by atoms with Gasteiger partial charge in [0.05, 0.1) is 16.6 Å². The van der Waals surface area contributed by atoms with Crippen molar-refractivity contribution in [2.24, 2.45) is 0 Å². The van der Waals surface area contributed by atoms with E-state index in [1.165, 1.54) is 10.9 Å². The molecule has 0 spiro atoms. The minimum Gasteiger partial charge on any atom is -0.337 e. The Bertz CT molecular complexity index is 1730. The standard InChI is InChI=1S/C29H28BN6P/c1-4-35(5-2)18-21-10-8-12-25-27(21)33-29(32-25)28-23-15-19(13-14-26(23)36(34-28)37(3)30)24-17-31-16-20-9-6-7-11-22(20)24/h6-17H,4-5,18H2,1-3H3,(H,32,33). The number of aromatic amines is 1. The molecule has 0 fully saturated rings. The van der Waals surface area contributed by atoms with Crippen molar-refractivity contribution in [3.63, 3.8) is 0 Å². The topological polar surface area (TPSA) is 62.6 Å². The van der Waals surface area contributed by atoms with Gasteiger partial charge in [0.25, 0.3) is 0 Å². The normalized spacial score (nSPS) is 12.8. The number of imidazole rings is 1. The number of fused-ring (bicyclic) bond motifs is 3. The summed E-state index contributed by atoms with van der Waals surface area (Å²) in [6.45, 7) is 9.26. The van der Waals surface area contributed by atoms with Gasteiger partial charge in [0, 0.05) is 35.3 Å². The molecular formula is C29H28BN6P. The third-order valence-electron chi connectivity index (χ3n) is 7.05. The maximum Gasteiger partial charge on any atom is 0.159 e. The first-order chi connectivity index (χ1) is 18.1. The van der Waals surface area contributed by atoms with Crippen molar-refractivity contribution >= 4 is 48.2 Å². The van der Waals surface area contributed by atoms with Gasteiger partial charge in [-0.15, -0.1) is 0 Å². The van der Waals surface area contributed by atoms with Crippen molar-refractivity contribution in [2.45, 2.75) is 20.4 Å². The fourth-order valence-electron chi connectivity index (χ4n) is 5.05. The van der Waals surface area contributed by atoms with Gasteiger partial charge in [-0.1, -0.05) is 56.3 Å². The summed E-state index contributed by atoms with van der Waals surface area (Å²) in [5.41, 5.74) is 7.23. The molecule has 1 N–H and O–H groups in total. The maximum atomic E-state index is 6.40. The molecule has 2 radical (unpaired) electrons. The number of hydrogen-bond acceptors (Lipinski definition) is 4. The molecule has 0 aliphatic heterocycles. The second-order valence-electron chi connectivity index (χ2n) is 9.31. The van der Waals surface area contributed by atoms with Crippen LogP contribution < -0.4 is 0 Å². The van der Waals surface area contributed by atoms with Crippen LogP contribution in [0.3, 0.4) is 0 Å². The largest absolute Gasteiger partial charge is 0.337 e. The zero-order chi connectivity index (χ0) is 25.5. The average Bonchev–Trinajstić information content (AvgIpc) is 3.53. The summed E-state index contributed by atoms with van der Waals surface area (Å²) in [5.74, 6) is 0.760. The second kappa shape index (κ2) is 9.73. The number of nitrogens with zero attached hydrogens (tertiary/aromatic N) is 5. The minimum atomic E-state index is -0.958. The first-order valence-electron chi connectivity index (χ1n) is 12.6. The molecule has 0 bridgehead atoms. The molecule has 0 saturated heterocycles. The van der Waals surface area contributed by atoms with Gasteiger partial charge >= 0.3 is 0 Å². The molecule has 6 nitrogen and oxygen atoms in total. The molecule has 3 heterocycles. The number of para-hydroxylation sites is 1. The Hall–Kier alpha value is -3.54. The van der Waals surface area contributed by atoms with E-state index in [-0.39, 0.29) is 0 Å². The average molecular weight is 502 g/mol. The van der Waals surface area contributed by atoms with Crippen LogP contribution in [0.5, 0.6) is 0 Å². The molecule has 0 aliphatic carbocycles. The first kappa shape index (κ1) is 23.8. The molecule has 3 aromatic carbocycles. The van der Waals surface area contributed by atoms with Crippen LogP contribution in [0.1, 0.15) is 19.4 Å². The van der Waals surface area contributed by atoms with Crippen molar-refractivity contribution in [1.82, 2.24) is 29.4 Å². The lowest BCUT2D eigenvalue weighted by Gasteiger charge is -2.17. The Morgan fingerprint density at radius 1 is 0.973 bits per heavy atom. The van der Waals surface area contributed by atoms with Crippen LogP contribution in [0.2, 0.25) is 0 Å². The molecule has 3 aromatic heterocycles. The summed E-state index contributed by atoms with van der Waals surface area (Å²) in [6.07, 6.45) is 3.84. The summed E-state index contributed by atoms with van der Waals surface area (Å²) in [7, 11) is 5.44. The first-order valence-corrected chi connectivity index (χ1v) is 14.4. The zero-order valence-corrected chi connectivity index (χ0v) is 22.2. The van der Waals surface area contributed by atoms with E-state index in [0.29, 0.717) is 0 Å². The van der Waals surface area contributed by atoms with Gasteiger partial charge in [0.2, 0.25) is 0 Å². The van der Waals surface area contributed by atoms with Crippen LogP contribution in [0.15, 0.2) is 73.1 Å². The number of nitrogens with one attached hydrogen (secondary N) is 1. The minimum absolute atomic E-state index is 0.760. The Labute approximate surface area is 218 Å². The molecule has 182 valence electrons. The lowest BCUT2D eigenvalue weighted by molar-refractivity contribution is 0.297. The molecule has 0 saturated carbocycles. The lowest BCUT2D eigenvalue weighted by Crippen LogP contribution is -2.22. The maximum absolute atomic E-state index is 6.40. The van der Waals surface area contributed by atoms with E-state index in [0.717, 1.165) is 69.6 Å². The van der Waals surface area contributed by atoms with Gasteiger partial charge in [0.1, 0.15) is 13.3 Å². The van der Waals surface area contributed by atoms with Gasteiger partial charge < -0.3 is 4.98 Å². The van der Waals surface area contributed by atoms with E-state index in [1.54, 1.807) is 0 Å². The number of rotatable bonds is 7. The van der Waals surface area contributed by atoms with Crippen LogP contribution in [0.4, 0.5) is 0 Å². The van der Waals surface area contributed by atoms with Crippen LogP contribution in [0.25, 0.3) is 55.4 Å². The Morgan fingerprint density at radius 3 is 2.62 bits per heavy atom. The van der Waals surface area contributed by atoms with Crippen molar-refractivity contribution in [2.75, 3.05) is 19.8 Å². The Morgan fingerprint density at radius 2 is 1.81 bits per heavy atom. The number of aromatic nitrogens is 5. The number of pyridine rings is 1.